The molecule has 0 saturated carbocycles. The zero-order valence-electron chi connectivity index (χ0n) is 21.2. The molecular formula is C27H31N3O6. The van der Waals surface area contributed by atoms with Crippen LogP contribution in [0.4, 0.5) is 0 Å². The minimum absolute atomic E-state index is 0.0214. The SMILES string of the molecule is CCOc1ccc(C2C(=C(O)c3nc4c(C)cccn4c3C)C(=O)C(=O)N2CCOC)cc1OCC. The zero-order valence-corrected chi connectivity index (χ0v) is 21.2. The number of carbonyl (C=O) groups excluding carboxylic acids is 2. The maximum absolute atomic E-state index is 13.3. The number of Topliss-reactive ketones (excluding diaryl/α,β-unsaturated/α-hetero) is 1. The number of carbonyl (C=O) groups is 2. The van der Waals surface area contributed by atoms with Gasteiger partial charge in [0.1, 0.15) is 11.3 Å². The molecule has 1 aliphatic rings. The first-order valence-corrected chi connectivity index (χ1v) is 11.9. The van der Waals surface area contributed by atoms with Gasteiger partial charge in [-0.1, -0.05) is 12.1 Å². The third kappa shape index (κ3) is 4.30. The summed E-state index contributed by atoms with van der Waals surface area (Å²) in [6, 6.07) is 8.24. The predicted octanol–water partition coefficient (Wildman–Crippen LogP) is 3.82. The standard InChI is InChI=1S/C27H31N3O6/c1-6-35-19-11-10-18(15-20(19)36-7-2)23-21(25(32)27(33)30(23)13-14-34-5)24(31)22-17(4)29-12-8-9-16(3)26(29)28-22/h8-12,15,23,31H,6-7,13-14H2,1-5H3. The molecule has 1 aromatic carbocycles. The summed E-state index contributed by atoms with van der Waals surface area (Å²) < 4.78 is 18.5. The van der Waals surface area contributed by atoms with Crippen LogP contribution in [0.5, 0.6) is 11.5 Å². The van der Waals surface area contributed by atoms with Gasteiger partial charge < -0.3 is 28.6 Å². The van der Waals surface area contributed by atoms with Gasteiger partial charge in [-0.3, -0.25) is 9.59 Å². The minimum Gasteiger partial charge on any atom is -0.505 e. The molecule has 0 bridgehead atoms. The van der Waals surface area contributed by atoms with Crippen molar-refractivity contribution >= 4 is 23.1 Å². The number of hydrogen-bond acceptors (Lipinski definition) is 7. The number of pyridine rings is 1. The number of aryl methyl sites for hydroxylation is 2. The largest absolute Gasteiger partial charge is 0.505 e. The van der Waals surface area contributed by atoms with Crippen molar-refractivity contribution in [3.05, 3.63) is 64.6 Å². The summed E-state index contributed by atoms with van der Waals surface area (Å²) in [5, 5.41) is 11.5. The second kappa shape index (κ2) is 10.4. The van der Waals surface area contributed by atoms with Gasteiger partial charge in [-0.05, 0) is 57.0 Å². The van der Waals surface area contributed by atoms with E-state index in [0.717, 1.165) is 5.56 Å². The fourth-order valence-corrected chi connectivity index (χ4v) is 4.56. The molecule has 4 rings (SSSR count). The van der Waals surface area contributed by atoms with Crippen molar-refractivity contribution in [1.82, 2.24) is 14.3 Å². The highest BCUT2D eigenvalue weighted by molar-refractivity contribution is 6.46. The first-order valence-electron chi connectivity index (χ1n) is 11.9. The molecule has 0 spiro atoms. The Labute approximate surface area is 209 Å². The predicted molar refractivity (Wildman–Crippen MR) is 134 cm³/mol. The molecule has 36 heavy (non-hydrogen) atoms. The summed E-state index contributed by atoms with van der Waals surface area (Å²) in [4.78, 5) is 32.5. The Morgan fingerprint density at radius 3 is 2.47 bits per heavy atom. The minimum atomic E-state index is -0.847. The van der Waals surface area contributed by atoms with Crippen LogP contribution in [0.1, 0.15) is 42.4 Å². The van der Waals surface area contributed by atoms with E-state index in [0.29, 0.717) is 41.6 Å². The summed E-state index contributed by atoms with van der Waals surface area (Å²) in [6.07, 6.45) is 1.84. The number of nitrogens with zero attached hydrogens (tertiary/aromatic N) is 3. The smallest absolute Gasteiger partial charge is 0.295 e. The Bertz CT molecular complexity index is 1340. The average molecular weight is 494 g/mol. The second-order valence-corrected chi connectivity index (χ2v) is 8.49. The highest BCUT2D eigenvalue weighted by Gasteiger charge is 2.46. The highest BCUT2D eigenvalue weighted by Crippen LogP contribution is 2.42. The number of aromatic nitrogens is 2. The van der Waals surface area contributed by atoms with Gasteiger partial charge in [0.2, 0.25) is 0 Å². The Hall–Kier alpha value is -3.85. The molecule has 1 amide bonds. The van der Waals surface area contributed by atoms with E-state index in [2.05, 4.69) is 4.98 Å². The normalized spacial score (nSPS) is 17.2. The lowest BCUT2D eigenvalue weighted by molar-refractivity contribution is -0.140. The van der Waals surface area contributed by atoms with Crippen LogP contribution in [0.3, 0.4) is 0 Å². The van der Waals surface area contributed by atoms with Gasteiger partial charge in [0.25, 0.3) is 11.7 Å². The second-order valence-electron chi connectivity index (χ2n) is 8.49. The molecule has 1 atom stereocenters. The summed E-state index contributed by atoms with van der Waals surface area (Å²) in [7, 11) is 1.53. The fraction of sp³-hybridized carbons (Fsp3) is 0.370. The van der Waals surface area contributed by atoms with Crippen molar-refractivity contribution in [2.75, 3.05) is 33.5 Å². The Kier molecular flexibility index (Phi) is 7.30. The average Bonchev–Trinajstić information content (AvgIpc) is 3.33. The molecule has 1 fully saturated rings. The Morgan fingerprint density at radius 1 is 1.08 bits per heavy atom. The number of fused-ring (bicyclic) bond motifs is 1. The first kappa shape index (κ1) is 25.2. The third-order valence-electron chi connectivity index (χ3n) is 6.27. The van der Waals surface area contributed by atoms with E-state index in [4.69, 9.17) is 14.2 Å². The number of benzene rings is 1. The zero-order chi connectivity index (χ0) is 26.0. The van der Waals surface area contributed by atoms with Crippen LogP contribution in [0, 0.1) is 13.8 Å². The van der Waals surface area contributed by atoms with Crippen LogP contribution in [0.25, 0.3) is 11.4 Å². The van der Waals surface area contributed by atoms with E-state index in [-0.39, 0.29) is 30.2 Å². The quantitative estimate of drug-likeness (QED) is 0.275. The molecule has 1 unspecified atom stereocenters. The number of ether oxygens (including phenoxy) is 3. The van der Waals surface area contributed by atoms with Crippen molar-refractivity contribution in [3.63, 3.8) is 0 Å². The van der Waals surface area contributed by atoms with E-state index >= 15 is 0 Å². The van der Waals surface area contributed by atoms with Gasteiger partial charge >= 0.3 is 0 Å². The number of imidazole rings is 1. The number of likely N-dealkylation sites (tertiary alicyclic amines) is 1. The monoisotopic (exact) mass is 493 g/mol. The maximum Gasteiger partial charge on any atom is 0.295 e. The molecule has 1 aliphatic heterocycles. The number of hydrogen-bond donors (Lipinski definition) is 1. The van der Waals surface area contributed by atoms with Crippen LogP contribution in [-0.4, -0.2) is 64.6 Å². The molecule has 1 saturated heterocycles. The molecule has 0 aliphatic carbocycles. The van der Waals surface area contributed by atoms with Crippen molar-refractivity contribution in [2.45, 2.75) is 33.7 Å². The summed E-state index contributed by atoms with van der Waals surface area (Å²) in [5.74, 6) is -0.736. The summed E-state index contributed by atoms with van der Waals surface area (Å²) >= 11 is 0. The van der Waals surface area contributed by atoms with E-state index in [1.165, 1.54) is 12.0 Å². The number of aliphatic hydroxyl groups excluding tert-OH is 1. The number of methoxy groups -OCH3 is 1. The number of rotatable bonds is 9. The fourth-order valence-electron chi connectivity index (χ4n) is 4.56. The van der Waals surface area contributed by atoms with E-state index in [9.17, 15) is 14.7 Å². The van der Waals surface area contributed by atoms with Gasteiger partial charge in [0.05, 0.1) is 37.1 Å². The van der Waals surface area contributed by atoms with E-state index in [1.54, 1.807) is 18.2 Å². The molecular weight excluding hydrogens is 462 g/mol. The van der Waals surface area contributed by atoms with Crippen molar-refractivity contribution < 1.29 is 28.9 Å². The van der Waals surface area contributed by atoms with Gasteiger partial charge in [0, 0.05) is 19.9 Å². The lowest BCUT2D eigenvalue weighted by atomic mass is 9.96. The van der Waals surface area contributed by atoms with E-state index < -0.39 is 17.7 Å². The van der Waals surface area contributed by atoms with Crippen LogP contribution in [0.15, 0.2) is 42.1 Å². The Balaban J connectivity index is 1.92. The van der Waals surface area contributed by atoms with Crippen molar-refractivity contribution in [3.8, 4) is 11.5 Å². The number of ketones is 1. The molecule has 0 radical (unpaired) electrons. The van der Waals surface area contributed by atoms with Crippen LogP contribution in [-0.2, 0) is 14.3 Å². The molecule has 3 heterocycles. The first-order chi connectivity index (χ1) is 17.3. The van der Waals surface area contributed by atoms with Crippen LogP contribution >= 0.6 is 0 Å². The molecule has 2 aromatic heterocycles. The van der Waals surface area contributed by atoms with Crippen molar-refractivity contribution in [1.29, 1.82) is 0 Å². The molecule has 190 valence electrons. The van der Waals surface area contributed by atoms with Gasteiger partial charge in [-0.25, -0.2) is 4.98 Å². The molecule has 9 heteroatoms. The van der Waals surface area contributed by atoms with Crippen molar-refractivity contribution in [2.24, 2.45) is 0 Å². The number of amides is 1. The highest BCUT2D eigenvalue weighted by atomic mass is 16.5. The van der Waals surface area contributed by atoms with Crippen LogP contribution in [0.2, 0.25) is 0 Å². The Morgan fingerprint density at radius 2 is 1.81 bits per heavy atom. The maximum atomic E-state index is 13.3. The van der Waals surface area contributed by atoms with Gasteiger partial charge in [-0.15, -0.1) is 0 Å². The topological polar surface area (TPSA) is 103 Å². The van der Waals surface area contributed by atoms with Crippen LogP contribution < -0.4 is 9.47 Å². The molecule has 3 aromatic rings. The lowest BCUT2D eigenvalue weighted by Crippen LogP contribution is -2.32. The molecule has 1 N–H and O–H groups in total. The number of aliphatic hydroxyl groups is 1. The third-order valence-corrected chi connectivity index (χ3v) is 6.27. The summed E-state index contributed by atoms with van der Waals surface area (Å²) in [6.45, 7) is 8.74. The summed E-state index contributed by atoms with van der Waals surface area (Å²) in [5.41, 5.74) is 3.10. The molecule has 9 nitrogen and oxygen atoms in total. The van der Waals surface area contributed by atoms with Gasteiger partial charge in [0.15, 0.2) is 17.3 Å². The lowest BCUT2D eigenvalue weighted by Gasteiger charge is -2.25. The van der Waals surface area contributed by atoms with Gasteiger partial charge in [-0.2, -0.15) is 0 Å². The van der Waals surface area contributed by atoms with E-state index in [1.807, 2.05) is 50.4 Å².